The molecule has 7 heteroatoms. The molecule has 2 N–H and O–H groups in total. The van der Waals surface area contributed by atoms with Crippen LogP contribution in [0.2, 0.25) is 5.02 Å². The molecular formula is C13H7ClN2O3S. The van der Waals surface area contributed by atoms with Crippen molar-refractivity contribution in [1.82, 2.24) is 9.97 Å². The number of aromatic amines is 1. The number of carboxylic acids is 1. The van der Waals surface area contributed by atoms with Gasteiger partial charge in [0, 0.05) is 10.9 Å². The highest BCUT2D eigenvalue weighted by atomic mass is 35.5. The summed E-state index contributed by atoms with van der Waals surface area (Å²) in [5.41, 5.74) is 0.0754. The Hall–Kier alpha value is -2.18. The minimum atomic E-state index is -1.14. The standard InChI is InChI=1S/C13H7ClN2O3S/c14-8-4-2-1-3-6(8)10-15-11(17)9-7(13(18)19)5-20-12(9)16-10/h1-5H,(H,18,19)(H,15,16,17). The predicted molar refractivity (Wildman–Crippen MR) is 77.6 cm³/mol. The first-order chi connectivity index (χ1) is 9.58. The molecule has 0 unspecified atom stereocenters. The predicted octanol–water partition coefficient (Wildman–Crippen LogP) is 3.00. The van der Waals surface area contributed by atoms with Crippen molar-refractivity contribution in [2.24, 2.45) is 0 Å². The Balaban J connectivity index is 2.30. The molecule has 0 spiro atoms. The lowest BCUT2D eigenvalue weighted by Crippen LogP contribution is -2.11. The smallest absolute Gasteiger partial charge is 0.337 e. The van der Waals surface area contributed by atoms with E-state index in [1.165, 1.54) is 5.38 Å². The molecule has 2 heterocycles. The van der Waals surface area contributed by atoms with Crippen molar-refractivity contribution in [3.05, 3.63) is 50.6 Å². The number of rotatable bonds is 2. The number of carbonyl (C=O) groups is 1. The van der Waals surface area contributed by atoms with Gasteiger partial charge in [-0.1, -0.05) is 23.7 Å². The van der Waals surface area contributed by atoms with Crippen molar-refractivity contribution in [2.45, 2.75) is 0 Å². The van der Waals surface area contributed by atoms with Gasteiger partial charge >= 0.3 is 5.97 Å². The molecule has 3 aromatic rings. The second kappa shape index (κ2) is 4.73. The molecule has 0 saturated heterocycles. The monoisotopic (exact) mass is 306 g/mol. The largest absolute Gasteiger partial charge is 0.478 e. The lowest BCUT2D eigenvalue weighted by atomic mass is 10.2. The van der Waals surface area contributed by atoms with Crippen LogP contribution in [0.1, 0.15) is 10.4 Å². The van der Waals surface area contributed by atoms with E-state index in [-0.39, 0.29) is 10.9 Å². The molecule has 0 atom stereocenters. The number of H-pyrrole nitrogens is 1. The number of nitrogens with one attached hydrogen (secondary N) is 1. The van der Waals surface area contributed by atoms with Gasteiger partial charge in [-0.05, 0) is 12.1 Å². The van der Waals surface area contributed by atoms with Crippen molar-refractivity contribution in [1.29, 1.82) is 0 Å². The summed E-state index contributed by atoms with van der Waals surface area (Å²) in [6.45, 7) is 0. The van der Waals surface area contributed by atoms with Gasteiger partial charge in [0.15, 0.2) is 0 Å². The molecule has 0 fully saturated rings. The molecule has 100 valence electrons. The van der Waals surface area contributed by atoms with Crippen LogP contribution in [0.3, 0.4) is 0 Å². The van der Waals surface area contributed by atoms with Gasteiger partial charge in [0.1, 0.15) is 10.7 Å². The number of benzene rings is 1. The third kappa shape index (κ3) is 1.99. The average molecular weight is 307 g/mol. The summed E-state index contributed by atoms with van der Waals surface area (Å²) in [4.78, 5) is 30.4. The molecular weight excluding hydrogens is 300 g/mol. The van der Waals surface area contributed by atoms with Gasteiger partial charge in [-0.15, -0.1) is 11.3 Å². The number of hydrogen-bond donors (Lipinski definition) is 2. The maximum Gasteiger partial charge on any atom is 0.337 e. The molecule has 0 aliphatic heterocycles. The van der Waals surface area contributed by atoms with E-state index in [0.717, 1.165) is 11.3 Å². The zero-order valence-corrected chi connectivity index (χ0v) is 11.5. The van der Waals surface area contributed by atoms with Crippen LogP contribution in [0.4, 0.5) is 0 Å². The van der Waals surface area contributed by atoms with Gasteiger partial charge in [0.2, 0.25) is 0 Å². The zero-order chi connectivity index (χ0) is 14.3. The third-order valence-electron chi connectivity index (χ3n) is 2.80. The first-order valence-electron chi connectivity index (χ1n) is 5.57. The number of thiophene rings is 1. The molecule has 3 rings (SSSR count). The Kier molecular flexibility index (Phi) is 3.04. The van der Waals surface area contributed by atoms with Crippen LogP contribution in [0.15, 0.2) is 34.4 Å². The normalized spacial score (nSPS) is 10.8. The summed E-state index contributed by atoms with van der Waals surface area (Å²) in [6.07, 6.45) is 0. The van der Waals surface area contributed by atoms with Crippen molar-refractivity contribution in [3.63, 3.8) is 0 Å². The first-order valence-corrected chi connectivity index (χ1v) is 6.83. The average Bonchev–Trinajstić information content (AvgIpc) is 2.83. The molecule has 0 radical (unpaired) electrons. The van der Waals surface area contributed by atoms with Crippen LogP contribution in [-0.2, 0) is 0 Å². The van der Waals surface area contributed by atoms with Crippen molar-refractivity contribution in [2.75, 3.05) is 0 Å². The molecule has 0 bridgehead atoms. The van der Waals surface area contributed by atoms with E-state index >= 15 is 0 Å². The zero-order valence-electron chi connectivity index (χ0n) is 9.88. The first kappa shape index (κ1) is 12.8. The van der Waals surface area contributed by atoms with Crippen molar-refractivity contribution >= 4 is 39.1 Å². The number of fused-ring (bicyclic) bond motifs is 1. The lowest BCUT2D eigenvalue weighted by Gasteiger charge is -2.03. The minimum absolute atomic E-state index is 0.0375. The van der Waals surface area contributed by atoms with Gasteiger partial charge < -0.3 is 10.1 Å². The highest BCUT2D eigenvalue weighted by Gasteiger charge is 2.17. The summed E-state index contributed by atoms with van der Waals surface area (Å²) in [7, 11) is 0. The van der Waals surface area contributed by atoms with Crippen molar-refractivity contribution < 1.29 is 9.90 Å². The van der Waals surface area contributed by atoms with Crippen LogP contribution in [0.25, 0.3) is 21.6 Å². The van der Waals surface area contributed by atoms with E-state index in [1.54, 1.807) is 24.3 Å². The maximum atomic E-state index is 12.1. The van der Waals surface area contributed by atoms with E-state index in [1.807, 2.05) is 0 Å². The van der Waals surface area contributed by atoms with E-state index < -0.39 is 11.5 Å². The molecule has 0 aliphatic carbocycles. The summed E-state index contributed by atoms with van der Waals surface area (Å²) in [5, 5.41) is 11.0. The number of aromatic nitrogens is 2. The second-order valence-corrected chi connectivity index (χ2v) is 5.29. The van der Waals surface area contributed by atoms with E-state index in [0.29, 0.717) is 21.2 Å². The summed E-state index contributed by atoms with van der Waals surface area (Å²) < 4.78 is 0. The Bertz CT molecular complexity index is 885. The SMILES string of the molecule is O=C(O)c1csc2nc(-c3ccccc3Cl)[nH]c(=O)c12. The fraction of sp³-hybridized carbons (Fsp3) is 0. The summed E-state index contributed by atoms with van der Waals surface area (Å²) in [5.74, 6) is -0.819. The molecule has 0 aliphatic rings. The van der Waals surface area contributed by atoms with E-state index in [2.05, 4.69) is 9.97 Å². The molecule has 1 aromatic carbocycles. The van der Waals surface area contributed by atoms with Gasteiger partial charge in [-0.2, -0.15) is 0 Å². The van der Waals surface area contributed by atoms with Crippen LogP contribution in [-0.4, -0.2) is 21.0 Å². The Labute approximate surface area is 121 Å². The van der Waals surface area contributed by atoms with Crippen LogP contribution < -0.4 is 5.56 Å². The van der Waals surface area contributed by atoms with Gasteiger partial charge in [-0.25, -0.2) is 9.78 Å². The van der Waals surface area contributed by atoms with E-state index in [4.69, 9.17) is 16.7 Å². The quantitative estimate of drug-likeness (QED) is 0.762. The number of hydrogen-bond acceptors (Lipinski definition) is 4. The summed E-state index contributed by atoms with van der Waals surface area (Å²) >= 11 is 7.18. The fourth-order valence-corrected chi connectivity index (χ4v) is 3.03. The Morgan fingerprint density at radius 3 is 2.80 bits per heavy atom. The third-order valence-corrected chi connectivity index (χ3v) is 4.01. The summed E-state index contributed by atoms with van der Waals surface area (Å²) in [6, 6.07) is 6.98. The van der Waals surface area contributed by atoms with Gasteiger partial charge in [0.05, 0.1) is 16.0 Å². The number of nitrogens with zero attached hydrogens (tertiary/aromatic N) is 1. The molecule has 5 nitrogen and oxygen atoms in total. The molecule has 2 aromatic heterocycles. The Morgan fingerprint density at radius 1 is 1.35 bits per heavy atom. The molecule has 20 heavy (non-hydrogen) atoms. The maximum absolute atomic E-state index is 12.1. The topological polar surface area (TPSA) is 83.0 Å². The minimum Gasteiger partial charge on any atom is -0.478 e. The fourth-order valence-electron chi connectivity index (χ4n) is 1.89. The number of halogens is 1. The highest BCUT2D eigenvalue weighted by molar-refractivity contribution is 7.17. The molecule has 0 saturated carbocycles. The van der Waals surface area contributed by atoms with Crippen molar-refractivity contribution in [3.8, 4) is 11.4 Å². The second-order valence-electron chi connectivity index (χ2n) is 4.03. The van der Waals surface area contributed by atoms with Gasteiger partial charge in [0.25, 0.3) is 5.56 Å². The van der Waals surface area contributed by atoms with E-state index in [9.17, 15) is 9.59 Å². The van der Waals surface area contributed by atoms with Crippen LogP contribution >= 0.6 is 22.9 Å². The van der Waals surface area contributed by atoms with Gasteiger partial charge in [-0.3, -0.25) is 4.79 Å². The highest BCUT2D eigenvalue weighted by Crippen LogP contribution is 2.27. The Morgan fingerprint density at radius 2 is 2.10 bits per heavy atom. The lowest BCUT2D eigenvalue weighted by molar-refractivity contribution is 0.0699. The van der Waals surface area contributed by atoms with Crippen LogP contribution in [0, 0.1) is 0 Å². The number of aromatic carboxylic acids is 1. The number of carboxylic acid groups (broad SMARTS) is 1. The van der Waals surface area contributed by atoms with Crippen LogP contribution in [0.5, 0.6) is 0 Å². The molecule has 0 amide bonds.